The second-order valence-corrected chi connectivity index (χ2v) is 7.63. The van der Waals surface area contributed by atoms with Gasteiger partial charge in [-0.25, -0.2) is 0 Å². The molecule has 0 spiro atoms. The average Bonchev–Trinajstić information content (AvgIpc) is 3.40. The largest absolute Gasteiger partial charge is 0.448 e. The Hall–Kier alpha value is -2.53. The first-order valence-corrected chi connectivity index (χ1v) is 8.78. The zero-order valence-corrected chi connectivity index (χ0v) is 15.0. The number of rotatable bonds is 3. The number of hydrogen-bond donors (Lipinski definition) is 0. The third-order valence-electron chi connectivity index (χ3n) is 4.44. The topological polar surface area (TPSA) is 26.3 Å². The van der Waals surface area contributed by atoms with Crippen LogP contribution < -0.4 is 0 Å². The quantitative estimate of drug-likeness (QED) is 0.596. The van der Waals surface area contributed by atoms with Crippen LogP contribution in [0.2, 0.25) is 0 Å². The van der Waals surface area contributed by atoms with Gasteiger partial charge in [-0.05, 0) is 50.8 Å². The molecule has 2 aromatic carbocycles. The van der Waals surface area contributed by atoms with Crippen LogP contribution in [0.5, 0.6) is 0 Å². The van der Waals surface area contributed by atoms with Gasteiger partial charge in [0.2, 0.25) is 0 Å². The molecule has 0 unspecified atom stereocenters. The molecule has 1 fully saturated rings. The van der Waals surface area contributed by atoms with Crippen LogP contribution in [-0.2, 0) is 9.53 Å². The van der Waals surface area contributed by atoms with E-state index in [1.54, 1.807) is 0 Å². The summed E-state index contributed by atoms with van der Waals surface area (Å²) in [5.74, 6) is 6.87. The van der Waals surface area contributed by atoms with Crippen LogP contribution in [0.4, 0.5) is 0 Å². The van der Waals surface area contributed by atoms with Crippen molar-refractivity contribution in [3.8, 4) is 11.8 Å². The summed E-state index contributed by atoms with van der Waals surface area (Å²) < 4.78 is 5.80. The molecule has 25 heavy (non-hydrogen) atoms. The number of benzene rings is 2. The van der Waals surface area contributed by atoms with Gasteiger partial charge in [-0.2, -0.15) is 0 Å². The average molecular weight is 332 g/mol. The Morgan fingerprint density at radius 1 is 1.04 bits per heavy atom. The number of hydrogen-bond acceptors (Lipinski definition) is 2. The Balaban J connectivity index is 1.78. The summed E-state index contributed by atoms with van der Waals surface area (Å²) in [6.07, 6.45) is 0.646. The molecule has 0 saturated heterocycles. The van der Waals surface area contributed by atoms with E-state index in [0.29, 0.717) is 5.92 Å². The van der Waals surface area contributed by atoms with Crippen LogP contribution in [0.15, 0.2) is 60.7 Å². The Kier molecular flexibility index (Phi) is 4.95. The second kappa shape index (κ2) is 7.15. The van der Waals surface area contributed by atoms with Gasteiger partial charge < -0.3 is 4.74 Å². The van der Waals surface area contributed by atoms with Crippen LogP contribution >= 0.6 is 0 Å². The molecule has 0 bridgehead atoms. The minimum Gasteiger partial charge on any atom is -0.448 e. The lowest BCUT2D eigenvalue weighted by molar-refractivity contribution is -0.156. The maximum Gasteiger partial charge on any atom is 0.312 e. The van der Waals surface area contributed by atoms with Crippen molar-refractivity contribution in [1.82, 2.24) is 0 Å². The summed E-state index contributed by atoms with van der Waals surface area (Å²) in [6.45, 7) is 5.62. The molecule has 1 aliphatic rings. The van der Waals surface area contributed by atoms with E-state index in [0.717, 1.165) is 12.0 Å². The molecule has 2 aromatic rings. The highest BCUT2D eigenvalue weighted by molar-refractivity contribution is 5.75. The van der Waals surface area contributed by atoms with E-state index in [1.165, 1.54) is 5.56 Å². The molecule has 0 heterocycles. The van der Waals surface area contributed by atoms with Crippen LogP contribution in [0.1, 0.15) is 44.2 Å². The highest BCUT2D eigenvalue weighted by atomic mass is 16.5. The van der Waals surface area contributed by atoms with Gasteiger partial charge in [0.1, 0.15) is 0 Å². The molecule has 128 valence electrons. The van der Waals surface area contributed by atoms with Gasteiger partial charge in [-0.1, -0.05) is 60.4 Å². The van der Waals surface area contributed by atoms with Crippen molar-refractivity contribution in [2.45, 2.75) is 39.2 Å². The predicted molar refractivity (Wildman–Crippen MR) is 99.9 cm³/mol. The SMILES string of the molecule is CC(C)(C)C(=O)O[C@@H](C#Cc1ccccc1)[C@@H]1C[C@@H]1c1ccccc1. The summed E-state index contributed by atoms with van der Waals surface area (Å²) in [5.41, 5.74) is 1.71. The second-order valence-electron chi connectivity index (χ2n) is 7.63. The zero-order chi connectivity index (χ0) is 17.9. The van der Waals surface area contributed by atoms with Gasteiger partial charge in [-0.15, -0.1) is 0 Å². The minimum absolute atomic E-state index is 0.196. The lowest BCUT2D eigenvalue weighted by atomic mass is 9.97. The molecule has 3 atom stereocenters. The number of carbonyl (C=O) groups is 1. The predicted octanol–water partition coefficient (Wildman–Crippen LogP) is 4.80. The van der Waals surface area contributed by atoms with Crippen molar-refractivity contribution >= 4 is 5.97 Å². The minimum atomic E-state index is -0.524. The molecular weight excluding hydrogens is 308 g/mol. The molecule has 3 rings (SSSR count). The number of carbonyl (C=O) groups excluding carboxylic acids is 1. The maximum atomic E-state index is 12.4. The molecule has 1 saturated carbocycles. The van der Waals surface area contributed by atoms with Crippen molar-refractivity contribution in [1.29, 1.82) is 0 Å². The molecule has 1 aliphatic carbocycles. The Bertz CT molecular complexity index is 776. The highest BCUT2D eigenvalue weighted by Gasteiger charge is 2.46. The van der Waals surface area contributed by atoms with Crippen molar-refractivity contribution in [3.05, 3.63) is 71.8 Å². The molecular formula is C23H24O2. The van der Waals surface area contributed by atoms with Crippen molar-refractivity contribution in [2.24, 2.45) is 11.3 Å². The number of esters is 1. The van der Waals surface area contributed by atoms with Gasteiger partial charge in [-0.3, -0.25) is 4.79 Å². The van der Waals surface area contributed by atoms with E-state index in [4.69, 9.17) is 4.74 Å². The van der Waals surface area contributed by atoms with Crippen molar-refractivity contribution in [2.75, 3.05) is 0 Å². The first-order valence-electron chi connectivity index (χ1n) is 8.78. The summed E-state index contributed by atoms with van der Waals surface area (Å²) in [4.78, 5) is 12.4. The zero-order valence-electron chi connectivity index (χ0n) is 15.0. The summed E-state index contributed by atoms with van der Waals surface area (Å²) in [7, 11) is 0. The molecule has 0 aromatic heterocycles. The standard InChI is InChI=1S/C23H24O2/c1-23(2,3)22(24)25-21(15-14-17-10-6-4-7-11-17)20-16-19(20)18-12-8-5-9-13-18/h4-13,19-21H,16H2,1-3H3/t19-,20-,21+/m1/s1. The van der Waals surface area contributed by atoms with Crippen molar-refractivity contribution in [3.63, 3.8) is 0 Å². The molecule has 2 heteroatoms. The lowest BCUT2D eigenvalue weighted by Crippen LogP contribution is -2.29. The van der Waals surface area contributed by atoms with Gasteiger partial charge in [0.15, 0.2) is 6.10 Å². The highest BCUT2D eigenvalue weighted by Crippen LogP contribution is 2.50. The molecule has 0 amide bonds. The maximum absolute atomic E-state index is 12.4. The van der Waals surface area contributed by atoms with Crippen LogP contribution in [-0.4, -0.2) is 12.1 Å². The van der Waals surface area contributed by atoms with E-state index in [1.807, 2.05) is 57.2 Å². The molecule has 0 radical (unpaired) electrons. The first kappa shape index (κ1) is 17.3. The van der Waals surface area contributed by atoms with Crippen LogP contribution in [0.25, 0.3) is 0 Å². The fourth-order valence-corrected chi connectivity index (χ4v) is 2.82. The summed E-state index contributed by atoms with van der Waals surface area (Å²) >= 11 is 0. The van der Waals surface area contributed by atoms with Crippen LogP contribution in [0, 0.1) is 23.2 Å². The summed E-state index contributed by atoms with van der Waals surface area (Å²) in [5, 5.41) is 0. The normalized spacial score (nSPS) is 20.1. The van der Waals surface area contributed by atoms with Gasteiger partial charge >= 0.3 is 5.97 Å². The number of ether oxygens (including phenoxy) is 1. The monoisotopic (exact) mass is 332 g/mol. The van der Waals surface area contributed by atoms with E-state index < -0.39 is 5.41 Å². The van der Waals surface area contributed by atoms with E-state index in [9.17, 15) is 4.79 Å². The molecule has 0 N–H and O–H groups in total. The fraction of sp³-hybridized carbons (Fsp3) is 0.348. The molecule has 0 aliphatic heterocycles. The van der Waals surface area contributed by atoms with E-state index in [2.05, 4.69) is 36.1 Å². The lowest BCUT2D eigenvalue weighted by Gasteiger charge is -2.20. The Morgan fingerprint density at radius 2 is 1.64 bits per heavy atom. The van der Waals surface area contributed by atoms with E-state index in [-0.39, 0.29) is 18.0 Å². The Labute approximate surface area is 150 Å². The third-order valence-corrected chi connectivity index (χ3v) is 4.44. The van der Waals surface area contributed by atoms with E-state index >= 15 is 0 Å². The van der Waals surface area contributed by atoms with Crippen molar-refractivity contribution < 1.29 is 9.53 Å². The van der Waals surface area contributed by atoms with Gasteiger partial charge in [0, 0.05) is 11.5 Å². The molecule has 2 nitrogen and oxygen atoms in total. The first-order chi connectivity index (χ1) is 11.9. The van der Waals surface area contributed by atoms with Crippen LogP contribution in [0.3, 0.4) is 0 Å². The van der Waals surface area contributed by atoms with Gasteiger partial charge in [0.25, 0.3) is 0 Å². The van der Waals surface area contributed by atoms with Gasteiger partial charge in [0.05, 0.1) is 5.41 Å². The third kappa shape index (κ3) is 4.51. The fourth-order valence-electron chi connectivity index (χ4n) is 2.82. The summed E-state index contributed by atoms with van der Waals surface area (Å²) in [6, 6.07) is 20.2. The smallest absolute Gasteiger partial charge is 0.312 e. The Morgan fingerprint density at radius 3 is 2.24 bits per heavy atom.